The third-order valence-electron chi connectivity index (χ3n) is 3.22. The summed E-state index contributed by atoms with van der Waals surface area (Å²) in [4.78, 5) is 10.6. The van der Waals surface area contributed by atoms with E-state index in [1.165, 1.54) is 11.3 Å². The van der Waals surface area contributed by atoms with Crippen LogP contribution in [0.1, 0.15) is 44.5 Å². The number of thiazole rings is 1. The molecular formula is C15H30N4S. The third kappa shape index (κ3) is 5.77. The molecule has 0 saturated carbocycles. The van der Waals surface area contributed by atoms with Crippen LogP contribution in [0.2, 0.25) is 0 Å². The third-order valence-corrected chi connectivity index (χ3v) is 4.46. The number of anilines is 1. The first-order valence-corrected chi connectivity index (χ1v) is 8.48. The summed E-state index contributed by atoms with van der Waals surface area (Å²) in [7, 11) is 4.24. The van der Waals surface area contributed by atoms with Gasteiger partial charge in [-0.15, -0.1) is 11.3 Å². The Kier molecular flexibility index (Phi) is 8.11. The lowest BCUT2D eigenvalue weighted by atomic mass is 10.3. The quantitative estimate of drug-likeness (QED) is 0.719. The summed E-state index contributed by atoms with van der Waals surface area (Å²) < 4.78 is 0. The van der Waals surface area contributed by atoms with Crippen LogP contribution in [0.5, 0.6) is 0 Å². The summed E-state index contributed by atoms with van der Waals surface area (Å²) in [6, 6.07) is 0.401. The SMILES string of the molecule is CCCNC(C)c1cnc(N(CCC)CCN(C)C)s1. The maximum absolute atomic E-state index is 4.63. The predicted molar refractivity (Wildman–Crippen MR) is 89.9 cm³/mol. The maximum Gasteiger partial charge on any atom is 0.185 e. The Labute approximate surface area is 128 Å². The van der Waals surface area contributed by atoms with Crippen LogP contribution in [-0.2, 0) is 0 Å². The van der Waals surface area contributed by atoms with Crippen molar-refractivity contribution >= 4 is 16.5 Å². The molecule has 1 heterocycles. The highest BCUT2D eigenvalue weighted by atomic mass is 32.1. The number of aromatic nitrogens is 1. The molecule has 0 spiro atoms. The smallest absolute Gasteiger partial charge is 0.185 e. The summed E-state index contributed by atoms with van der Waals surface area (Å²) in [5, 5.41) is 4.69. The zero-order chi connectivity index (χ0) is 15.0. The fourth-order valence-electron chi connectivity index (χ4n) is 1.98. The topological polar surface area (TPSA) is 31.4 Å². The molecule has 0 fully saturated rings. The molecule has 1 N–H and O–H groups in total. The number of hydrogen-bond donors (Lipinski definition) is 1. The predicted octanol–water partition coefficient (Wildman–Crippen LogP) is 2.98. The van der Waals surface area contributed by atoms with Crippen molar-refractivity contribution in [3.05, 3.63) is 11.1 Å². The van der Waals surface area contributed by atoms with Crippen LogP contribution < -0.4 is 10.2 Å². The first kappa shape index (κ1) is 17.4. The monoisotopic (exact) mass is 298 g/mol. The Balaban J connectivity index is 2.64. The van der Waals surface area contributed by atoms with Gasteiger partial charge in [-0.3, -0.25) is 0 Å². The second-order valence-electron chi connectivity index (χ2n) is 5.51. The van der Waals surface area contributed by atoms with Crippen molar-refractivity contribution < 1.29 is 0 Å². The maximum atomic E-state index is 4.63. The van der Waals surface area contributed by atoms with Crippen LogP contribution in [0.25, 0.3) is 0 Å². The Morgan fingerprint density at radius 3 is 2.55 bits per heavy atom. The van der Waals surface area contributed by atoms with Gasteiger partial charge in [0.25, 0.3) is 0 Å². The molecule has 0 bridgehead atoms. The summed E-state index contributed by atoms with van der Waals surface area (Å²) in [6.07, 6.45) is 4.36. The summed E-state index contributed by atoms with van der Waals surface area (Å²) in [6.45, 7) is 10.9. The molecule has 0 aliphatic carbocycles. The highest BCUT2D eigenvalue weighted by Gasteiger charge is 2.13. The van der Waals surface area contributed by atoms with Crippen molar-refractivity contribution in [2.75, 3.05) is 45.2 Å². The van der Waals surface area contributed by atoms with Crippen molar-refractivity contribution in [1.29, 1.82) is 0 Å². The minimum Gasteiger partial charge on any atom is -0.347 e. The van der Waals surface area contributed by atoms with E-state index in [4.69, 9.17) is 0 Å². The van der Waals surface area contributed by atoms with Gasteiger partial charge in [-0.25, -0.2) is 4.98 Å². The zero-order valence-electron chi connectivity index (χ0n) is 13.6. The van der Waals surface area contributed by atoms with Gasteiger partial charge < -0.3 is 15.1 Å². The number of hydrogen-bond acceptors (Lipinski definition) is 5. The van der Waals surface area contributed by atoms with E-state index in [0.717, 1.165) is 37.7 Å². The average Bonchev–Trinajstić information content (AvgIpc) is 2.90. The largest absolute Gasteiger partial charge is 0.347 e. The molecule has 20 heavy (non-hydrogen) atoms. The molecule has 0 aliphatic rings. The first-order chi connectivity index (χ1) is 9.58. The van der Waals surface area contributed by atoms with Gasteiger partial charge in [0.05, 0.1) is 0 Å². The van der Waals surface area contributed by atoms with Crippen molar-refractivity contribution in [1.82, 2.24) is 15.2 Å². The van der Waals surface area contributed by atoms with E-state index in [1.807, 2.05) is 17.5 Å². The Morgan fingerprint density at radius 1 is 1.20 bits per heavy atom. The van der Waals surface area contributed by atoms with Gasteiger partial charge >= 0.3 is 0 Å². The number of rotatable bonds is 10. The molecule has 0 saturated heterocycles. The van der Waals surface area contributed by atoms with Crippen LogP contribution >= 0.6 is 11.3 Å². The summed E-state index contributed by atoms with van der Waals surface area (Å²) in [5.74, 6) is 0. The first-order valence-electron chi connectivity index (χ1n) is 7.67. The lowest BCUT2D eigenvalue weighted by Gasteiger charge is -2.23. The number of nitrogens with zero attached hydrogens (tertiary/aromatic N) is 3. The van der Waals surface area contributed by atoms with Crippen molar-refractivity contribution in [2.45, 2.75) is 39.7 Å². The van der Waals surface area contributed by atoms with E-state index >= 15 is 0 Å². The van der Waals surface area contributed by atoms with Crippen LogP contribution in [-0.4, -0.2) is 50.2 Å². The molecular weight excluding hydrogens is 268 g/mol. The molecule has 5 heteroatoms. The van der Waals surface area contributed by atoms with Crippen molar-refractivity contribution in [2.24, 2.45) is 0 Å². The standard InChI is InChI=1S/C15H30N4S/c1-6-8-16-13(3)14-12-17-15(20-14)19(9-7-2)11-10-18(4)5/h12-13,16H,6-11H2,1-5H3. The average molecular weight is 298 g/mol. The minimum atomic E-state index is 0.401. The fraction of sp³-hybridized carbons (Fsp3) is 0.800. The highest BCUT2D eigenvalue weighted by molar-refractivity contribution is 7.15. The van der Waals surface area contributed by atoms with E-state index in [9.17, 15) is 0 Å². The van der Waals surface area contributed by atoms with E-state index < -0.39 is 0 Å². The normalized spacial score (nSPS) is 12.9. The van der Waals surface area contributed by atoms with E-state index in [2.05, 4.69) is 55.0 Å². The summed E-state index contributed by atoms with van der Waals surface area (Å²) >= 11 is 1.82. The van der Waals surface area contributed by atoms with E-state index in [-0.39, 0.29) is 0 Å². The Morgan fingerprint density at radius 2 is 1.95 bits per heavy atom. The van der Waals surface area contributed by atoms with Crippen molar-refractivity contribution in [3.8, 4) is 0 Å². The molecule has 0 aliphatic heterocycles. The number of nitrogens with one attached hydrogen (secondary N) is 1. The van der Waals surface area contributed by atoms with Gasteiger partial charge in [-0.05, 0) is 40.4 Å². The molecule has 1 unspecified atom stereocenters. The highest BCUT2D eigenvalue weighted by Crippen LogP contribution is 2.27. The van der Waals surface area contributed by atoms with Gasteiger partial charge in [0, 0.05) is 36.8 Å². The lowest BCUT2D eigenvalue weighted by Crippen LogP contribution is -2.32. The molecule has 116 valence electrons. The fourth-order valence-corrected chi connectivity index (χ4v) is 2.97. The molecule has 4 nitrogen and oxygen atoms in total. The van der Waals surface area contributed by atoms with Gasteiger partial charge in [0.2, 0.25) is 0 Å². The van der Waals surface area contributed by atoms with Crippen LogP contribution in [0.4, 0.5) is 5.13 Å². The van der Waals surface area contributed by atoms with Crippen LogP contribution in [0, 0.1) is 0 Å². The van der Waals surface area contributed by atoms with Crippen LogP contribution in [0.3, 0.4) is 0 Å². The van der Waals surface area contributed by atoms with Gasteiger partial charge in [0.15, 0.2) is 5.13 Å². The summed E-state index contributed by atoms with van der Waals surface area (Å²) in [5.41, 5.74) is 0. The lowest BCUT2D eigenvalue weighted by molar-refractivity contribution is 0.413. The second-order valence-corrected chi connectivity index (χ2v) is 6.55. The molecule has 0 amide bonds. The molecule has 0 aromatic carbocycles. The minimum absolute atomic E-state index is 0.401. The second kappa shape index (κ2) is 9.32. The van der Waals surface area contributed by atoms with Gasteiger partial charge in [0.1, 0.15) is 0 Å². The van der Waals surface area contributed by atoms with Gasteiger partial charge in [-0.2, -0.15) is 0 Å². The van der Waals surface area contributed by atoms with Gasteiger partial charge in [-0.1, -0.05) is 13.8 Å². The Bertz CT molecular complexity index is 365. The molecule has 1 rings (SSSR count). The molecule has 1 aromatic rings. The Hall–Kier alpha value is -0.650. The van der Waals surface area contributed by atoms with E-state index in [1.54, 1.807) is 0 Å². The van der Waals surface area contributed by atoms with Crippen LogP contribution in [0.15, 0.2) is 6.20 Å². The zero-order valence-corrected chi connectivity index (χ0v) is 14.5. The molecule has 0 radical (unpaired) electrons. The van der Waals surface area contributed by atoms with Crippen molar-refractivity contribution in [3.63, 3.8) is 0 Å². The number of likely N-dealkylation sites (N-methyl/N-ethyl adjacent to an activating group) is 1. The van der Waals surface area contributed by atoms with E-state index in [0.29, 0.717) is 6.04 Å². The molecule has 1 aromatic heterocycles. The molecule has 1 atom stereocenters.